The Kier molecular flexibility index (Phi) is 6.05. The average Bonchev–Trinajstić information content (AvgIpc) is 3.45. The van der Waals surface area contributed by atoms with Gasteiger partial charge in [0, 0.05) is 37.2 Å². The summed E-state index contributed by atoms with van der Waals surface area (Å²) >= 11 is 1.87. The van der Waals surface area contributed by atoms with Gasteiger partial charge in [-0.1, -0.05) is 115 Å². The number of anilines is 3. The third-order valence-electron chi connectivity index (χ3n) is 8.04. The lowest BCUT2D eigenvalue weighted by Gasteiger charge is -2.26. The van der Waals surface area contributed by atoms with Gasteiger partial charge in [0.05, 0.1) is 0 Å². The molecular weight excluding hydrogens is 527 g/mol. The fraction of sp³-hybridized carbons (Fsp3) is 0. The first-order chi connectivity index (χ1) is 20.8. The number of hydrogen-bond donors (Lipinski definition) is 0. The van der Waals surface area contributed by atoms with Crippen molar-refractivity contribution in [2.45, 2.75) is 0 Å². The van der Waals surface area contributed by atoms with Crippen LogP contribution in [0, 0.1) is 0 Å². The Morgan fingerprint density at radius 3 is 1.79 bits per heavy atom. The first-order valence-electron chi connectivity index (χ1n) is 14.3. The maximum atomic E-state index is 2.36. The highest BCUT2D eigenvalue weighted by Gasteiger charge is 2.15. The second-order valence-corrected chi connectivity index (χ2v) is 11.7. The molecule has 0 N–H and O–H groups in total. The number of hydrogen-bond acceptors (Lipinski definition) is 2. The van der Waals surface area contributed by atoms with Gasteiger partial charge in [-0.25, -0.2) is 0 Å². The minimum atomic E-state index is 1.13. The summed E-state index contributed by atoms with van der Waals surface area (Å²) in [4.78, 5) is 2.36. The van der Waals surface area contributed by atoms with Crippen molar-refractivity contribution in [3.63, 3.8) is 0 Å². The first-order valence-corrected chi connectivity index (χ1v) is 15.1. The molecule has 0 amide bonds. The molecule has 0 aliphatic rings. The quantitative estimate of drug-likeness (QED) is 0.205. The molecule has 2 heteroatoms. The second kappa shape index (κ2) is 10.3. The Hall–Kier alpha value is -5.18. The molecule has 0 saturated heterocycles. The van der Waals surface area contributed by atoms with Crippen LogP contribution in [-0.2, 0) is 0 Å². The van der Waals surface area contributed by atoms with E-state index in [0.29, 0.717) is 0 Å². The van der Waals surface area contributed by atoms with Crippen LogP contribution >= 0.6 is 11.3 Å². The first kappa shape index (κ1) is 24.6. The maximum Gasteiger partial charge on any atom is 0.0468 e. The normalized spacial score (nSPS) is 11.3. The molecule has 1 nitrogen and oxygen atoms in total. The lowest BCUT2D eigenvalue weighted by molar-refractivity contribution is 1.29. The molecule has 0 bridgehead atoms. The number of para-hydroxylation sites is 1. The maximum absolute atomic E-state index is 2.36. The van der Waals surface area contributed by atoms with Crippen molar-refractivity contribution < 1.29 is 0 Å². The summed E-state index contributed by atoms with van der Waals surface area (Å²) in [7, 11) is 0. The number of thiophene rings is 1. The second-order valence-electron chi connectivity index (χ2n) is 10.6. The van der Waals surface area contributed by atoms with Crippen LogP contribution in [0.15, 0.2) is 164 Å². The molecule has 198 valence electrons. The van der Waals surface area contributed by atoms with Crippen LogP contribution in [0.4, 0.5) is 17.1 Å². The molecule has 0 fully saturated rings. The summed E-state index contributed by atoms with van der Waals surface area (Å²) in [5.74, 6) is 0. The lowest BCUT2D eigenvalue weighted by atomic mass is 9.99. The molecule has 0 aliphatic carbocycles. The lowest BCUT2D eigenvalue weighted by Crippen LogP contribution is -2.09. The zero-order valence-corrected chi connectivity index (χ0v) is 23.8. The van der Waals surface area contributed by atoms with Crippen molar-refractivity contribution in [1.82, 2.24) is 0 Å². The predicted molar refractivity (Wildman–Crippen MR) is 182 cm³/mol. The third kappa shape index (κ3) is 4.34. The largest absolute Gasteiger partial charge is 0.310 e. The van der Waals surface area contributed by atoms with E-state index in [0.717, 1.165) is 17.1 Å². The molecule has 42 heavy (non-hydrogen) atoms. The highest BCUT2D eigenvalue weighted by atomic mass is 32.1. The number of benzene rings is 7. The summed E-state index contributed by atoms with van der Waals surface area (Å²) in [6.45, 7) is 0. The summed E-state index contributed by atoms with van der Waals surface area (Å²) in [6.07, 6.45) is 0. The Morgan fingerprint density at radius 1 is 0.357 bits per heavy atom. The summed E-state index contributed by atoms with van der Waals surface area (Å²) < 4.78 is 2.67. The fourth-order valence-electron chi connectivity index (χ4n) is 6.01. The van der Waals surface area contributed by atoms with Gasteiger partial charge < -0.3 is 4.90 Å². The number of fused-ring (bicyclic) bond motifs is 5. The third-order valence-corrected chi connectivity index (χ3v) is 9.18. The van der Waals surface area contributed by atoms with Gasteiger partial charge in [-0.05, 0) is 81.6 Å². The van der Waals surface area contributed by atoms with Gasteiger partial charge in [-0.15, -0.1) is 11.3 Å². The van der Waals surface area contributed by atoms with Gasteiger partial charge >= 0.3 is 0 Å². The van der Waals surface area contributed by atoms with Crippen molar-refractivity contribution in [2.75, 3.05) is 4.90 Å². The van der Waals surface area contributed by atoms with Crippen molar-refractivity contribution in [3.05, 3.63) is 164 Å². The van der Waals surface area contributed by atoms with Crippen LogP contribution in [0.1, 0.15) is 0 Å². The van der Waals surface area contributed by atoms with Crippen LogP contribution < -0.4 is 4.90 Å². The van der Waals surface area contributed by atoms with Crippen molar-refractivity contribution in [3.8, 4) is 22.3 Å². The summed E-state index contributed by atoms with van der Waals surface area (Å²) in [6, 6.07) is 59.1. The van der Waals surface area contributed by atoms with E-state index < -0.39 is 0 Å². The molecule has 0 radical (unpaired) electrons. The molecule has 1 heterocycles. The summed E-state index contributed by atoms with van der Waals surface area (Å²) in [5.41, 5.74) is 8.27. The van der Waals surface area contributed by atoms with Crippen LogP contribution in [0.3, 0.4) is 0 Å². The zero-order chi connectivity index (χ0) is 27.9. The number of rotatable bonds is 5. The van der Waals surface area contributed by atoms with Crippen LogP contribution in [0.2, 0.25) is 0 Å². The highest BCUT2D eigenvalue weighted by molar-refractivity contribution is 7.26. The summed E-state index contributed by atoms with van der Waals surface area (Å²) in [5, 5.41) is 5.24. The number of nitrogens with zero attached hydrogens (tertiary/aromatic N) is 1. The molecule has 0 atom stereocenters. The molecule has 7 aromatic carbocycles. The molecule has 8 rings (SSSR count). The highest BCUT2D eigenvalue weighted by Crippen LogP contribution is 2.42. The van der Waals surface area contributed by atoms with E-state index in [1.165, 1.54) is 53.2 Å². The van der Waals surface area contributed by atoms with Crippen molar-refractivity contribution in [1.29, 1.82) is 0 Å². The van der Waals surface area contributed by atoms with Crippen LogP contribution in [0.5, 0.6) is 0 Å². The van der Waals surface area contributed by atoms with E-state index in [9.17, 15) is 0 Å². The SMILES string of the molecule is c1ccc(-c2ccc(-c3cccc(N(c4ccccc4)c4ccc5c(ccc6sc7ccccc7c65)c4)c3)cc2)cc1. The van der Waals surface area contributed by atoms with E-state index in [1.54, 1.807) is 0 Å². The minimum absolute atomic E-state index is 1.13. The van der Waals surface area contributed by atoms with E-state index in [-0.39, 0.29) is 0 Å². The topological polar surface area (TPSA) is 3.24 Å². The van der Waals surface area contributed by atoms with E-state index in [1.807, 2.05) is 11.3 Å². The van der Waals surface area contributed by atoms with E-state index in [4.69, 9.17) is 0 Å². The van der Waals surface area contributed by atoms with Gasteiger partial charge in [0.15, 0.2) is 0 Å². The molecule has 0 aliphatic heterocycles. The van der Waals surface area contributed by atoms with E-state index in [2.05, 4.69) is 169 Å². The van der Waals surface area contributed by atoms with Crippen LogP contribution in [0.25, 0.3) is 53.2 Å². The zero-order valence-electron chi connectivity index (χ0n) is 22.9. The van der Waals surface area contributed by atoms with E-state index >= 15 is 0 Å². The average molecular weight is 554 g/mol. The Balaban J connectivity index is 1.23. The Morgan fingerprint density at radius 2 is 0.976 bits per heavy atom. The standard InChI is InChI=1S/C40H27NS/c1-3-10-28(11-4-1)29-18-20-30(21-19-29)31-12-9-15-34(26-31)41(33-13-5-2-6-14-33)35-23-24-36-32(27-35)22-25-39-40(36)37-16-7-8-17-38(37)42-39/h1-27H. The smallest absolute Gasteiger partial charge is 0.0468 e. The van der Waals surface area contributed by atoms with Gasteiger partial charge in [0.1, 0.15) is 0 Å². The van der Waals surface area contributed by atoms with Gasteiger partial charge in [0.2, 0.25) is 0 Å². The van der Waals surface area contributed by atoms with Crippen LogP contribution in [-0.4, -0.2) is 0 Å². The monoisotopic (exact) mass is 553 g/mol. The molecule has 1 aromatic heterocycles. The molecule has 0 spiro atoms. The van der Waals surface area contributed by atoms with Gasteiger partial charge in [-0.2, -0.15) is 0 Å². The molecule has 0 unspecified atom stereocenters. The molecular formula is C40H27NS. The minimum Gasteiger partial charge on any atom is -0.310 e. The Bertz CT molecular complexity index is 2180. The Labute approximate surface area is 249 Å². The predicted octanol–water partition coefficient (Wildman–Crippen LogP) is 12.0. The van der Waals surface area contributed by atoms with Gasteiger partial charge in [-0.3, -0.25) is 0 Å². The van der Waals surface area contributed by atoms with Crippen molar-refractivity contribution in [2.24, 2.45) is 0 Å². The molecule has 8 aromatic rings. The fourth-order valence-corrected chi connectivity index (χ4v) is 7.14. The molecule has 0 saturated carbocycles. The van der Waals surface area contributed by atoms with Crippen molar-refractivity contribution >= 4 is 59.3 Å². The van der Waals surface area contributed by atoms with Gasteiger partial charge in [0.25, 0.3) is 0 Å².